The van der Waals surface area contributed by atoms with Crippen LogP contribution in [0.3, 0.4) is 0 Å². The van der Waals surface area contributed by atoms with E-state index in [0.717, 1.165) is 5.52 Å². The summed E-state index contributed by atoms with van der Waals surface area (Å²) in [6.07, 6.45) is 11.3. The summed E-state index contributed by atoms with van der Waals surface area (Å²) in [6, 6.07) is 10.7. The van der Waals surface area contributed by atoms with Crippen molar-refractivity contribution in [1.29, 1.82) is 0 Å². The van der Waals surface area contributed by atoms with Crippen molar-refractivity contribution in [2.45, 2.75) is 51.0 Å². The number of aromatic nitrogens is 1. The Labute approximate surface area is 126 Å². The van der Waals surface area contributed by atoms with Gasteiger partial charge in [0.05, 0.1) is 11.6 Å². The zero-order valence-electron chi connectivity index (χ0n) is 12.6. The first-order valence-electron chi connectivity index (χ1n) is 8.19. The van der Waals surface area contributed by atoms with Gasteiger partial charge in [0, 0.05) is 11.6 Å². The van der Waals surface area contributed by atoms with Gasteiger partial charge in [0.2, 0.25) is 0 Å². The van der Waals surface area contributed by atoms with E-state index in [-0.39, 0.29) is 6.04 Å². The van der Waals surface area contributed by atoms with Crippen LogP contribution in [0.2, 0.25) is 0 Å². The van der Waals surface area contributed by atoms with Crippen molar-refractivity contribution in [3.8, 4) is 0 Å². The molecule has 0 spiro atoms. The lowest BCUT2D eigenvalue weighted by molar-refractivity contribution is 0.290. The van der Waals surface area contributed by atoms with Gasteiger partial charge in [0.25, 0.3) is 0 Å². The average molecular weight is 283 g/mol. The minimum Gasteiger partial charge on any atom is -0.271 e. The van der Waals surface area contributed by atoms with Crippen molar-refractivity contribution in [2.24, 2.45) is 11.8 Å². The molecule has 3 rings (SSSR count). The van der Waals surface area contributed by atoms with Crippen molar-refractivity contribution in [2.75, 3.05) is 0 Å². The number of hydrogen-bond acceptors (Lipinski definition) is 3. The molecule has 0 aliphatic heterocycles. The number of nitrogens with zero attached hydrogens (tertiary/aromatic N) is 1. The first-order valence-corrected chi connectivity index (χ1v) is 8.19. The molecule has 3 heteroatoms. The quantitative estimate of drug-likeness (QED) is 0.658. The summed E-state index contributed by atoms with van der Waals surface area (Å²) >= 11 is 0. The molecule has 1 atom stereocenters. The number of nitrogens with two attached hydrogens (primary N) is 1. The van der Waals surface area contributed by atoms with Gasteiger partial charge in [-0.05, 0) is 36.5 Å². The number of rotatable bonds is 3. The van der Waals surface area contributed by atoms with Crippen LogP contribution in [-0.4, -0.2) is 4.98 Å². The molecule has 2 aromatic rings. The Morgan fingerprint density at radius 3 is 2.52 bits per heavy atom. The SMILES string of the molecule is NNC(c1cnc2ccccc2c1)C1CCCCCCC1. The third-order valence-electron chi connectivity index (χ3n) is 4.77. The van der Waals surface area contributed by atoms with Crippen LogP contribution in [0.25, 0.3) is 10.9 Å². The Hall–Kier alpha value is -1.45. The Kier molecular flexibility index (Phi) is 4.84. The van der Waals surface area contributed by atoms with Gasteiger partial charge in [0.15, 0.2) is 0 Å². The molecule has 1 fully saturated rings. The summed E-state index contributed by atoms with van der Waals surface area (Å²) in [5.74, 6) is 6.52. The van der Waals surface area contributed by atoms with Crippen LogP contribution in [0.4, 0.5) is 0 Å². The van der Waals surface area contributed by atoms with Gasteiger partial charge in [-0.1, -0.05) is 50.3 Å². The molecule has 1 heterocycles. The van der Waals surface area contributed by atoms with Crippen molar-refractivity contribution in [1.82, 2.24) is 10.4 Å². The van der Waals surface area contributed by atoms with Gasteiger partial charge in [-0.15, -0.1) is 0 Å². The first kappa shape index (κ1) is 14.5. The first-order chi connectivity index (χ1) is 10.4. The normalized spacial score (nSPS) is 19.1. The lowest BCUT2D eigenvalue weighted by atomic mass is 9.83. The van der Waals surface area contributed by atoms with E-state index in [9.17, 15) is 0 Å². The number of fused-ring (bicyclic) bond motifs is 1. The summed E-state index contributed by atoms with van der Waals surface area (Å²) in [7, 11) is 0. The van der Waals surface area contributed by atoms with E-state index in [1.807, 2.05) is 12.3 Å². The fourth-order valence-electron chi connectivity index (χ4n) is 3.58. The van der Waals surface area contributed by atoms with E-state index in [1.165, 1.54) is 55.9 Å². The number of pyridine rings is 1. The molecule has 0 saturated heterocycles. The minimum atomic E-state index is 0.222. The van der Waals surface area contributed by atoms with Gasteiger partial charge >= 0.3 is 0 Å². The topological polar surface area (TPSA) is 50.9 Å². The van der Waals surface area contributed by atoms with Crippen LogP contribution in [-0.2, 0) is 0 Å². The molecular formula is C18H25N3. The van der Waals surface area contributed by atoms with Crippen LogP contribution in [0.15, 0.2) is 36.5 Å². The van der Waals surface area contributed by atoms with Crippen molar-refractivity contribution >= 4 is 10.9 Å². The molecule has 1 aliphatic rings. The molecule has 0 amide bonds. The predicted octanol–water partition coefficient (Wildman–Crippen LogP) is 4.10. The fourth-order valence-corrected chi connectivity index (χ4v) is 3.58. The third-order valence-corrected chi connectivity index (χ3v) is 4.77. The number of para-hydroxylation sites is 1. The van der Waals surface area contributed by atoms with Crippen molar-refractivity contribution in [3.63, 3.8) is 0 Å². The molecule has 3 N–H and O–H groups in total. The zero-order valence-corrected chi connectivity index (χ0v) is 12.6. The van der Waals surface area contributed by atoms with Crippen LogP contribution in [0, 0.1) is 5.92 Å². The van der Waals surface area contributed by atoms with Gasteiger partial charge < -0.3 is 0 Å². The number of benzene rings is 1. The second-order valence-electron chi connectivity index (χ2n) is 6.21. The van der Waals surface area contributed by atoms with Crippen molar-refractivity contribution < 1.29 is 0 Å². The molecule has 1 unspecified atom stereocenters. The standard InChI is InChI=1S/C18H25N3/c19-21-18(14-8-4-2-1-3-5-9-14)16-12-15-10-6-7-11-17(15)20-13-16/h6-7,10-14,18,21H,1-5,8-9,19H2. The van der Waals surface area contributed by atoms with E-state index in [0.29, 0.717) is 5.92 Å². The van der Waals surface area contributed by atoms with Crippen LogP contribution in [0.1, 0.15) is 56.6 Å². The van der Waals surface area contributed by atoms with Crippen LogP contribution < -0.4 is 11.3 Å². The van der Waals surface area contributed by atoms with Gasteiger partial charge in [-0.2, -0.15) is 0 Å². The largest absolute Gasteiger partial charge is 0.271 e. The minimum absolute atomic E-state index is 0.222. The molecule has 112 valence electrons. The molecular weight excluding hydrogens is 258 g/mol. The highest BCUT2D eigenvalue weighted by molar-refractivity contribution is 5.78. The molecule has 1 aliphatic carbocycles. The maximum absolute atomic E-state index is 5.89. The number of hydrogen-bond donors (Lipinski definition) is 2. The molecule has 0 bridgehead atoms. The predicted molar refractivity (Wildman–Crippen MR) is 87.6 cm³/mol. The fraction of sp³-hybridized carbons (Fsp3) is 0.500. The Bertz CT molecular complexity index is 573. The van der Waals surface area contributed by atoms with Crippen molar-refractivity contribution in [3.05, 3.63) is 42.1 Å². The number of nitrogens with one attached hydrogen (secondary N) is 1. The Balaban J connectivity index is 1.85. The summed E-state index contributed by atoms with van der Waals surface area (Å²) < 4.78 is 0. The second kappa shape index (κ2) is 7.01. The average Bonchev–Trinajstić information content (AvgIpc) is 2.49. The third kappa shape index (κ3) is 3.42. The highest BCUT2D eigenvalue weighted by Gasteiger charge is 2.23. The Morgan fingerprint density at radius 2 is 1.76 bits per heavy atom. The molecule has 3 nitrogen and oxygen atoms in total. The van der Waals surface area contributed by atoms with Gasteiger partial charge in [-0.25, -0.2) is 0 Å². The van der Waals surface area contributed by atoms with Gasteiger partial charge in [0.1, 0.15) is 0 Å². The lowest BCUT2D eigenvalue weighted by Gasteiger charge is -2.28. The molecule has 1 aromatic heterocycles. The van der Waals surface area contributed by atoms with Crippen LogP contribution in [0.5, 0.6) is 0 Å². The van der Waals surface area contributed by atoms with Gasteiger partial charge in [-0.3, -0.25) is 16.3 Å². The highest BCUT2D eigenvalue weighted by Crippen LogP contribution is 2.33. The number of hydrazine groups is 1. The smallest absolute Gasteiger partial charge is 0.0702 e. The lowest BCUT2D eigenvalue weighted by Crippen LogP contribution is -2.34. The summed E-state index contributed by atoms with van der Waals surface area (Å²) in [5.41, 5.74) is 5.34. The maximum Gasteiger partial charge on any atom is 0.0702 e. The summed E-state index contributed by atoms with van der Waals surface area (Å²) in [6.45, 7) is 0. The summed E-state index contributed by atoms with van der Waals surface area (Å²) in [4.78, 5) is 4.59. The molecule has 1 saturated carbocycles. The van der Waals surface area contributed by atoms with E-state index >= 15 is 0 Å². The van der Waals surface area contributed by atoms with Crippen LogP contribution >= 0.6 is 0 Å². The Morgan fingerprint density at radius 1 is 1.05 bits per heavy atom. The second-order valence-corrected chi connectivity index (χ2v) is 6.21. The monoisotopic (exact) mass is 283 g/mol. The highest BCUT2D eigenvalue weighted by atomic mass is 15.2. The molecule has 1 aromatic carbocycles. The summed E-state index contributed by atoms with van der Waals surface area (Å²) in [5, 5.41) is 1.20. The van der Waals surface area contributed by atoms with E-state index in [2.05, 4.69) is 34.7 Å². The maximum atomic E-state index is 5.89. The molecule has 21 heavy (non-hydrogen) atoms. The van der Waals surface area contributed by atoms with E-state index in [1.54, 1.807) is 0 Å². The zero-order chi connectivity index (χ0) is 14.5. The molecule has 0 radical (unpaired) electrons. The van der Waals surface area contributed by atoms with E-state index in [4.69, 9.17) is 5.84 Å². The van der Waals surface area contributed by atoms with E-state index < -0.39 is 0 Å².